The van der Waals surface area contributed by atoms with Gasteiger partial charge in [0.25, 0.3) is 5.88 Å². The summed E-state index contributed by atoms with van der Waals surface area (Å²) in [5.74, 6) is -0.259. The summed E-state index contributed by atoms with van der Waals surface area (Å²) in [6, 6.07) is 1.68. The lowest BCUT2D eigenvalue weighted by molar-refractivity contribution is 0.211. The van der Waals surface area contributed by atoms with Crippen LogP contribution in [0.2, 0.25) is 0 Å². The van der Waals surface area contributed by atoms with Crippen molar-refractivity contribution in [2.24, 2.45) is 0 Å². The molecule has 0 atom stereocenters. The van der Waals surface area contributed by atoms with E-state index in [1.165, 1.54) is 0 Å². The third-order valence-electron chi connectivity index (χ3n) is 3.04. The zero-order chi connectivity index (χ0) is 14.1. The normalized spacial score (nSPS) is 11.0. The molecule has 0 aliphatic heterocycles. The molecule has 4 nitrogen and oxygen atoms in total. The smallest absolute Gasteiger partial charge is 0.250 e. The van der Waals surface area contributed by atoms with Crippen LogP contribution in [0.15, 0.2) is 12.3 Å². The Morgan fingerprint density at radius 3 is 2.68 bits per heavy atom. The number of pyridine rings is 1. The van der Waals surface area contributed by atoms with Crippen LogP contribution in [0, 0.1) is 5.82 Å². The fourth-order valence-corrected chi connectivity index (χ4v) is 1.77. The number of ether oxygens (including phenoxy) is 1. The average Bonchev–Trinajstić information content (AvgIpc) is 2.44. The van der Waals surface area contributed by atoms with Crippen LogP contribution in [0.5, 0.6) is 5.88 Å². The molecule has 1 aromatic rings. The first-order valence-corrected chi connectivity index (χ1v) is 6.92. The number of halogens is 1. The highest BCUT2D eigenvalue weighted by Gasteiger charge is 2.10. The number of nitrogens with zero attached hydrogens (tertiary/aromatic N) is 2. The molecule has 108 valence electrons. The molecule has 1 rings (SSSR count). The quantitative estimate of drug-likeness (QED) is 0.744. The molecule has 1 aromatic heterocycles. The Balaban J connectivity index is 2.53. The van der Waals surface area contributed by atoms with Crippen molar-refractivity contribution in [3.63, 3.8) is 0 Å². The predicted molar refractivity (Wildman–Crippen MR) is 74.9 cm³/mol. The van der Waals surface area contributed by atoms with E-state index in [0.717, 1.165) is 26.2 Å². The van der Waals surface area contributed by atoms with Gasteiger partial charge in [-0.1, -0.05) is 20.8 Å². The lowest BCUT2D eigenvalue weighted by Gasteiger charge is -2.18. The number of aromatic nitrogens is 1. The molecule has 0 aliphatic rings. The van der Waals surface area contributed by atoms with Crippen LogP contribution in [0.1, 0.15) is 26.3 Å². The van der Waals surface area contributed by atoms with Gasteiger partial charge in [-0.3, -0.25) is 0 Å². The van der Waals surface area contributed by atoms with Crippen LogP contribution in [0.25, 0.3) is 0 Å². The van der Waals surface area contributed by atoms with Gasteiger partial charge in [-0.25, -0.2) is 9.37 Å². The van der Waals surface area contributed by atoms with Crippen molar-refractivity contribution in [2.45, 2.75) is 27.3 Å². The Morgan fingerprint density at radius 1 is 1.32 bits per heavy atom. The molecule has 0 aliphatic carbocycles. The number of nitrogens with one attached hydrogen (secondary N) is 1. The standard InChI is InChI=1S/C14H24FN3O/c1-4-16-11-12-7-8-17-14(13(12)15)19-10-9-18(5-2)6-3/h7-8,16H,4-6,9-11H2,1-3H3. The second-order valence-corrected chi connectivity index (χ2v) is 4.24. The number of hydrogen-bond donors (Lipinski definition) is 1. The molecule has 5 heteroatoms. The lowest BCUT2D eigenvalue weighted by Crippen LogP contribution is -2.28. The van der Waals surface area contributed by atoms with Crippen LogP contribution >= 0.6 is 0 Å². The summed E-state index contributed by atoms with van der Waals surface area (Å²) in [6.45, 7) is 10.7. The van der Waals surface area contributed by atoms with E-state index in [4.69, 9.17) is 4.74 Å². The summed E-state index contributed by atoms with van der Waals surface area (Å²) < 4.78 is 19.5. The van der Waals surface area contributed by atoms with Crippen molar-refractivity contribution in [1.29, 1.82) is 0 Å². The minimum Gasteiger partial charge on any atom is -0.474 e. The summed E-state index contributed by atoms with van der Waals surface area (Å²) in [7, 11) is 0. The molecule has 0 spiro atoms. The van der Waals surface area contributed by atoms with Gasteiger partial charge < -0.3 is 15.0 Å². The molecule has 1 heterocycles. The van der Waals surface area contributed by atoms with Crippen molar-refractivity contribution in [3.05, 3.63) is 23.6 Å². The van der Waals surface area contributed by atoms with Crippen LogP contribution in [0.4, 0.5) is 4.39 Å². The van der Waals surface area contributed by atoms with Crippen molar-refractivity contribution in [1.82, 2.24) is 15.2 Å². The SMILES string of the molecule is CCNCc1ccnc(OCCN(CC)CC)c1F. The summed E-state index contributed by atoms with van der Waals surface area (Å²) in [5, 5.41) is 3.09. The van der Waals surface area contributed by atoms with Crippen molar-refractivity contribution in [3.8, 4) is 5.88 Å². The van der Waals surface area contributed by atoms with Crippen molar-refractivity contribution < 1.29 is 9.13 Å². The first-order chi connectivity index (χ1) is 9.22. The summed E-state index contributed by atoms with van der Waals surface area (Å²) in [5.41, 5.74) is 0.592. The molecule has 1 N–H and O–H groups in total. The molecule has 0 saturated heterocycles. The Labute approximate surface area is 115 Å². The van der Waals surface area contributed by atoms with Crippen LogP contribution in [-0.2, 0) is 6.54 Å². The minimum absolute atomic E-state index is 0.0996. The van der Waals surface area contributed by atoms with E-state index in [9.17, 15) is 4.39 Å². The largest absolute Gasteiger partial charge is 0.474 e. The second kappa shape index (κ2) is 8.82. The van der Waals surface area contributed by atoms with E-state index in [1.54, 1.807) is 12.3 Å². The maximum Gasteiger partial charge on any atom is 0.250 e. The Morgan fingerprint density at radius 2 is 2.05 bits per heavy atom. The first-order valence-electron chi connectivity index (χ1n) is 6.92. The Kier molecular flexibility index (Phi) is 7.36. The molecule has 0 radical (unpaired) electrons. The maximum absolute atomic E-state index is 14.0. The highest BCUT2D eigenvalue weighted by Crippen LogP contribution is 2.17. The van der Waals surface area contributed by atoms with Gasteiger partial charge in [-0.15, -0.1) is 0 Å². The van der Waals surface area contributed by atoms with Crippen molar-refractivity contribution in [2.75, 3.05) is 32.8 Å². The van der Waals surface area contributed by atoms with Crippen molar-refractivity contribution >= 4 is 0 Å². The van der Waals surface area contributed by atoms with Gasteiger partial charge in [0.15, 0.2) is 5.82 Å². The van der Waals surface area contributed by atoms with Crippen LogP contribution in [0.3, 0.4) is 0 Å². The van der Waals surface area contributed by atoms with Gasteiger partial charge in [0, 0.05) is 24.8 Å². The van der Waals surface area contributed by atoms with E-state index in [-0.39, 0.29) is 11.7 Å². The van der Waals surface area contributed by atoms with Gasteiger partial charge in [0.1, 0.15) is 6.61 Å². The van der Waals surface area contributed by atoms with Gasteiger partial charge in [0.05, 0.1) is 0 Å². The summed E-state index contributed by atoms with van der Waals surface area (Å²) in [4.78, 5) is 6.17. The zero-order valence-electron chi connectivity index (χ0n) is 12.1. The number of rotatable bonds is 9. The van der Waals surface area contributed by atoms with Gasteiger partial charge in [-0.05, 0) is 25.7 Å². The fraction of sp³-hybridized carbons (Fsp3) is 0.643. The van der Waals surface area contributed by atoms with E-state index in [1.807, 2.05) is 6.92 Å². The third kappa shape index (κ3) is 5.12. The molecule has 0 saturated carbocycles. The monoisotopic (exact) mass is 269 g/mol. The first kappa shape index (κ1) is 15.9. The zero-order valence-corrected chi connectivity index (χ0v) is 12.1. The number of likely N-dealkylation sites (N-methyl/N-ethyl adjacent to an activating group) is 1. The number of hydrogen-bond acceptors (Lipinski definition) is 4. The van der Waals surface area contributed by atoms with Crippen LogP contribution in [-0.4, -0.2) is 42.7 Å². The van der Waals surface area contributed by atoms with E-state index in [2.05, 4.69) is 29.0 Å². The molecule has 0 unspecified atom stereocenters. The molecule has 0 fully saturated rings. The minimum atomic E-state index is -0.358. The molecular weight excluding hydrogens is 245 g/mol. The fourth-order valence-electron chi connectivity index (χ4n) is 1.77. The van der Waals surface area contributed by atoms with E-state index in [0.29, 0.717) is 18.7 Å². The Bertz CT molecular complexity index is 370. The molecule has 19 heavy (non-hydrogen) atoms. The third-order valence-corrected chi connectivity index (χ3v) is 3.04. The predicted octanol–water partition coefficient (Wildman–Crippen LogP) is 2.05. The van der Waals surface area contributed by atoms with Crippen LogP contribution < -0.4 is 10.1 Å². The van der Waals surface area contributed by atoms with E-state index < -0.39 is 0 Å². The van der Waals surface area contributed by atoms with Gasteiger partial charge in [0.2, 0.25) is 0 Å². The second-order valence-electron chi connectivity index (χ2n) is 4.24. The molecule has 0 amide bonds. The summed E-state index contributed by atoms with van der Waals surface area (Å²) in [6.07, 6.45) is 1.59. The molecular formula is C14H24FN3O. The summed E-state index contributed by atoms with van der Waals surface area (Å²) >= 11 is 0. The highest BCUT2D eigenvalue weighted by molar-refractivity contribution is 5.23. The molecule has 0 bridgehead atoms. The maximum atomic E-state index is 14.0. The van der Waals surface area contributed by atoms with Gasteiger partial charge >= 0.3 is 0 Å². The lowest BCUT2D eigenvalue weighted by atomic mass is 10.2. The highest BCUT2D eigenvalue weighted by atomic mass is 19.1. The van der Waals surface area contributed by atoms with Gasteiger partial charge in [-0.2, -0.15) is 0 Å². The Hall–Kier alpha value is -1.20. The average molecular weight is 269 g/mol. The topological polar surface area (TPSA) is 37.4 Å². The molecule has 0 aromatic carbocycles. The van der Waals surface area contributed by atoms with E-state index >= 15 is 0 Å².